The van der Waals surface area contributed by atoms with Gasteiger partial charge < -0.3 is 15.1 Å². The number of nitrogens with zero attached hydrogens (tertiary/aromatic N) is 2. The van der Waals surface area contributed by atoms with Crippen molar-refractivity contribution < 1.29 is 0 Å². The van der Waals surface area contributed by atoms with E-state index >= 15 is 0 Å². The van der Waals surface area contributed by atoms with Crippen LogP contribution in [-0.2, 0) is 0 Å². The van der Waals surface area contributed by atoms with Crippen molar-refractivity contribution in [3.05, 3.63) is 0 Å². The van der Waals surface area contributed by atoms with E-state index in [0.29, 0.717) is 0 Å². The first-order valence-electron chi connectivity index (χ1n) is 8.40. The topological polar surface area (TPSA) is 18.5 Å². The molecule has 0 spiro atoms. The van der Waals surface area contributed by atoms with E-state index in [1.165, 1.54) is 77.8 Å². The number of likely N-dealkylation sites (tertiary alicyclic amines) is 1. The average Bonchev–Trinajstić information content (AvgIpc) is 2.93. The molecular formula is C16H35N3. The van der Waals surface area contributed by atoms with Crippen molar-refractivity contribution in [2.24, 2.45) is 0 Å². The molecule has 19 heavy (non-hydrogen) atoms. The van der Waals surface area contributed by atoms with E-state index in [1.54, 1.807) is 0 Å². The number of likely N-dealkylation sites (N-methyl/N-ethyl adjacent to an activating group) is 1. The van der Waals surface area contributed by atoms with Crippen LogP contribution in [0.5, 0.6) is 0 Å². The summed E-state index contributed by atoms with van der Waals surface area (Å²) in [5.74, 6) is 0. The van der Waals surface area contributed by atoms with Crippen LogP contribution in [0.15, 0.2) is 0 Å². The maximum Gasteiger partial charge on any atom is 0.0109 e. The highest BCUT2D eigenvalue weighted by atomic mass is 15.2. The molecule has 1 unspecified atom stereocenters. The Kier molecular flexibility index (Phi) is 9.48. The van der Waals surface area contributed by atoms with Gasteiger partial charge in [0.05, 0.1) is 0 Å². The Bertz CT molecular complexity index is 202. The number of hydrogen-bond donors (Lipinski definition) is 1. The molecule has 1 aliphatic heterocycles. The van der Waals surface area contributed by atoms with Crippen LogP contribution in [0.2, 0.25) is 0 Å². The zero-order chi connectivity index (χ0) is 13.9. The van der Waals surface area contributed by atoms with Gasteiger partial charge in [0.2, 0.25) is 0 Å². The molecule has 1 aliphatic rings. The van der Waals surface area contributed by atoms with Crippen molar-refractivity contribution in [3.63, 3.8) is 0 Å². The second-order valence-electron chi connectivity index (χ2n) is 6.05. The quantitative estimate of drug-likeness (QED) is 0.622. The normalized spacial score (nSPS) is 18.3. The van der Waals surface area contributed by atoms with Gasteiger partial charge in [-0.2, -0.15) is 0 Å². The van der Waals surface area contributed by atoms with Gasteiger partial charge in [-0.3, -0.25) is 0 Å². The lowest BCUT2D eigenvalue weighted by atomic mass is 10.1. The minimum Gasteiger partial charge on any atom is -0.314 e. The lowest BCUT2D eigenvalue weighted by Gasteiger charge is -2.22. The minimum atomic E-state index is 0.729. The van der Waals surface area contributed by atoms with Crippen LogP contribution in [0.3, 0.4) is 0 Å². The molecule has 1 fully saturated rings. The zero-order valence-corrected chi connectivity index (χ0v) is 13.5. The second-order valence-corrected chi connectivity index (χ2v) is 6.05. The molecule has 0 aromatic carbocycles. The molecule has 0 saturated carbocycles. The molecule has 0 aromatic heterocycles. The summed E-state index contributed by atoms with van der Waals surface area (Å²) in [6.45, 7) is 12.1. The van der Waals surface area contributed by atoms with Gasteiger partial charge in [-0.15, -0.1) is 0 Å². The molecule has 0 amide bonds. The molecule has 3 heteroatoms. The van der Waals surface area contributed by atoms with E-state index in [-0.39, 0.29) is 0 Å². The van der Waals surface area contributed by atoms with Gasteiger partial charge in [-0.1, -0.05) is 13.8 Å². The Balaban J connectivity index is 2.00. The lowest BCUT2D eigenvalue weighted by molar-refractivity contribution is 0.251. The van der Waals surface area contributed by atoms with Crippen LogP contribution in [-0.4, -0.2) is 62.2 Å². The fourth-order valence-electron chi connectivity index (χ4n) is 2.84. The zero-order valence-electron chi connectivity index (χ0n) is 13.5. The standard InChI is InChI=1S/C16H35N3/c1-4-10-17-16(5-2)9-8-11-18(3)14-15-19-12-6-7-13-19/h16-17H,4-15H2,1-3H3. The maximum absolute atomic E-state index is 3.64. The number of hydrogen-bond acceptors (Lipinski definition) is 3. The molecular weight excluding hydrogens is 234 g/mol. The molecule has 0 radical (unpaired) electrons. The first-order valence-corrected chi connectivity index (χ1v) is 8.40. The molecule has 1 heterocycles. The summed E-state index contributed by atoms with van der Waals surface area (Å²) >= 11 is 0. The molecule has 1 atom stereocenters. The third-order valence-electron chi connectivity index (χ3n) is 4.26. The molecule has 0 aromatic rings. The van der Waals surface area contributed by atoms with E-state index in [2.05, 4.69) is 36.0 Å². The first-order chi connectivity index (χ1) is 9.26. The Hall–Kier alpha value is -0.120. The SMILES string of the molecule is CCCNC(CC)CCCN(C)CCN1CCCC1. The van der Waals surface area contributed by atoms with E-state index < -0.39 is 0 Å². The Morgan fingerprint density at radius 2 is 1.89 bits per heavy atom. The van der Waals surface area contributed by atoms with Crippen LogP contribution in [0.25, 0.3) is 0 Å². The van der Waals surface area contributed by atoms with Crippen LogP contribution in [0.1, 0.15) is 52.4 Å². The Morgan fingerprint density at radius 3 is 2.53 bits per heavy atom. The third-order valence-corrected chi connectivity index (χ3v) is 4.26. The Labute approximate surface area is 120 Å². The highest BCUT2D eigenvalue weighted by Crippen LogP contribution is 2.07. The lowest BCUT2D eigenvalue weighted by Crippen LogP contribution is -2.33. The van der Waals surface area contributed by atoms with Gasteiger partial charge in [-0.05, 0) is 71.8 Å². The van der Waals surface area contributed by atoms with Gasteiger partial charge in [0.15, 0.2) is 0 Å². The van der Waals surface area contributed by atoms with Crippen molar-refractivity contribution >= 4 is 0 Å². The van der Waals surface area contributed by atoms with Crippen molar-refractivity contribution in [1.29, 1.82) is 0 Å². The highest BCUT2D eigenvalue weighted by Gasteiger charge is 2.11. The van der Waals surface area contributed by atoms with Gasteiger partial charge >= 0.3 is 0 Å². The van der Waals surface area contributed by atoms with Crippen LogP contribution >= 0.6 is 0 Å². The van der Waals surface area contributed by atoms with Gasteiger partial charge in [0.1, 0.15) is 0 Å². The van der Waals surface area contributed by atoms with Crippen LogP contribution in [0, 0.1) is 0 Å². The first kappa shape index (κ1) is 16.9. The molecule has 0 aliphatic carbocycles. The van der Waals surface area contributed by atoms with Crippen LogP contribution < -0.4 is 5.32 Å². The van der Waals surface area contributed by atoms with Crippen molar-refractivity contribution in [2.45, 2.75) is 58.4 Å². The summed E-state index contributed by atoms with van der Waals surface area (Å²) in [5, 5.41) is 3.64. The summed E-state index contributed by atoms with van der Waals surface area (Å²) in [6, 6.07) is 0.729. The largest absolute Gasteiger partial charge is 0.314 e. The van der Waals surface area contributed by atoms with Crippen LogP contribution in [0.4, 0.5) is 0 Å². The smallest absolute Gasteiger partial charge is 0.0109 e. The average molecular weight is 269 g/mol. The fourth-order valence-corrected chi connectivity index (χ4v) is 2.84. The predicted octanol–water partition coefficient (Wildman–Crippen LogP) is 2.57. The van der Waals surface area contributed by atoms with E-state index in [1.807, 2.05) is 0 Å². The molecule has 1 N–H and O–H groups in total. The van der Waals surface area contributed by atoms with Crippen molar-refractivity contribution in [2.75, 3.05) is 46.3 Å². The summed E-state index contributed by atoms with van der Waals surface area (Å²) in [5.41, 5.74) is 0. The van der Waals surface area contributed by atoms with Crippen molar-refractivity contribution in [3.8, 4) is 0 Å². The van der Waals surface area contributed by atoms with Gasteiger partial charge in [0.25, 0.3) is 0 Å². The molecule has 114 valence electrons. The molecule has 0 bridgehead atoms. The second kappa shape index (κ2) is 10.6. The van der Waals surface area contributed by atoms with E-state index in [9.17, 15) is 0 Å². The maximum atomic E-state index is 3.64. The summed E-state index contributed by atoms with van der Waals surface area (Å²) in [6.07, 6.45) is 7.97. The number of rotatable bonds is 11. The van der Waals surface area contributed by atoms with Gasteiger partial charge in [0, 0.05) is 19.1 Å². The third kappa shape index (κ3) is 7.91. The fraction of sp³-hybridized carbons (Fsp3) is 1.00. The molecule has 3 nitrogen and oxygen atoms in total. The Morgan fingerprint density at radius 1 is 1.16 bits per heavy atom. The minimum absolute atomic E-state index is 0.729. The van der Waals surface area contributed by atoms with E-state index in [0.717, 1.165) is 6.04 Å². The van der Waals surface area contributed by atoms with Crippen molar-refractivity contribution in [1.82, 2.24) is 15.1 Å². The molecule has 1 rings (SSSR count). The highest BCUT2D eigenvalue weighted by molar-refractivity contribution is 4.69. The summed E-state index contributed by atoms with van der Waals surface area (Å²) in [4.78, 5) is 5.11. The monoisotopic (exact) mass is 269 g/mol. The summed E-state index contributed by atoms with van der Waals surface area (Å²) < 4.78 is 0. The van der Waals surface area contributed by atoms with Gasteiger partial charge in [-0.25, -0.2) is 0 Å². The molecule has 1 saturated heterocycles. The number of nitrogens with one attached hydrogen (secondary N) is 1. The van der Waals surface area contributed by atoms with E-state index in [4.69, 9.17) is 0 Å². The predicted molar refractivity (Wildman–Crippen MR) is 84.8 cm³/mol. The summed E-state index contributed by atoms with van der Waals surface area (Å²) in [7, 11) is 2.27.